The molecule has 2 nitrogen and oxygen atoms in total. The zero-order valence-corrected chi connectivity index (χ0v) is 7.23. The van der Waals surface area contributed by atoms with Gasteiger partial charge in [0.1, 0.15) is 0 Å². The molecule has 4 heteroatoms. The Hall–Kier alpha value is -0.610. The van der Waals surface area contributed by atoms with Crippen molar-refractivity contribution in [2.45, 2.75) is 4.90 Å². The minimum atomic E-state index is -0.915. The van der Waals surface area contributed by atoms with Crippen molar-refractivity contribution in [2.75, 3.05) is 0 Å². The van der Waals surface area contributed by atoms with E-state index in [-0.39, 0.29) is 0 Å². The van der Waals surface area contributed by atoms with Crippen LogP contribution in [0.15, 0.2) is 29.2 Å². The maximum absolute atomic E-state index is 10.5. The minimum absolute atomic E-state index is 0.299. The van der Waals surface area contributed by atoms with Gasteiger partial charge < -0.3 is 5.11 Å². The van der Waals surface area contributed by atoms with Crippen molar-refractivity contribution >= 4 is 28.4 Å². The molecule has 0 aliphatic rings. The predicted molar refractivity (Wildman–Crippen MR) is 48.2 cm³/mol. The molecule has 0 saturated carbocycles. The van der Waals surface area contributed by atoms with Gasteiger partial charge in [-0.25, -0.2) is 4.79 Å². The number of carbonyl (C=O) groups is 1. The number of thiol groups is 1. The summed E-state index contributed by atoms with van der Waals surface area (Å²) in [7, 11) is 1.14. The highest BCUT2D eigenvalue weighted by Crippen LogP contribution is 2.24. The summed E-state index contributed by atoms with van der Waals surface area (Å²) in [5.74, 6) is -0.915. The van der Waals surface area contributed by atoms with Gasteiger partial charge in [0.05, 0.1) is 5.56 Å². The van der Waals surface area contributed by atoms with Gasteiger partial charge in [0, 0.05) is 4.90 Å². The fourth-order valence-electron chi connectivity index (χ4n) is 0.723. The molecule has 0 aliphatic carbocycles. The van der Waals surface area contributed by atoms with Crippen LogP contribution in [-0.4, -0.2) is 11.1 Å². The van der Waals surface area contributed by atoms with Crippen LogP contribution in [-0.2, 0) is 0 Å². The Labute approximate surface area is 73.4 Å². The standard InChI is InChI=1S/C7H6O2S2/c8-7(9)5-3-1-2-4-6(5)11-10/h1-4,10H,(H,8,9). The summed E-state index contributed by atoms with van der Waals surface area (Å²) >= 11 is 3.93. The monoisotopic (exact) mass is 186 g/mol. The molecular formula is C7H6O2S2. The number of carboxylic acids is 1. The van der Waals surface area contributed by atoms with Gasteiger partial charge in [-0.3, -0.25) is 0 Å². The molecule has 1 aromatic carbocycles. The van der Waals surface area contributed by atoms with Crippen molar-refractivity contribution in [3.63, 3.8) is 0 Å². The van der Waals surface area contributed by atoms with Gasteiger partial charge in [0.25, 0.3) is 0 Å². The molecule has 0 saturated heterocycles. The zero-order valence-electron chi connectivity index (χ0n) is 5.52. The lowest BCUT2D eigenvalue weighted by atomic mass is 10.2. The molecule has 0 atom stereocenters. The second-order valence-electron chi connectivity index (χ2n) is 1.89. The summed E-state index contributed by atoms with van der Waals surface area (Å²) in [5, 5.41) is 8.65. The lowest BCUT2D eigenvalue weighted by Gasteiger charge is -1.98. The van der Waals surface area contributed by atoms with E-state index in [2.05, 4.69) is 11.7 Å². The van der Waals surface area contributed by atoms with Gasteiger partial charge >= 0.3 is 5.97 Å². The van der Waals surface area contributed by atoms with Crippen molar-refractivity contribution in [1.29, 1.82) is 0 Å². The first kappa shape index (κ1) is 8.49. The van der Waals surface area contributed by atoms with Gasteiger partial charge in [-0.1, -0.05) is 22.9 Å². The summed E-state index contributed by atoms with van der Waals surface area (Å²) in [4.78, 5) is 11.2. The lowest BCUT2D eigenvalue weighted by Crippen LogP contribution is -1.96. The first-order valence-corrected chi connectivity index (χ1v) is 4.76. The molecular weight excluding hydrogens is 180 g/mol. The number of benzene rings is 1. The van der Waals surface area contributed by atoms with E-state index in [0.29, 0.717) is 10.5 Å². The third-order valence-electron chi connectivity index (χ3n) is 1.22. The fourth-order valence-corrected chi connectivity index (χ4v) is 1.59. The molecule has 0 aliphatic heterocycles. The molecule has 1 rings (SSSR count). The van der Waals surface area contributed by atoms with E-state index in [9.17, 15) is 4.79 Å². The van der Waals surface area contributed by atoms with E-state index in [1.165, 1.54) is 0 Å². The molecule has 0 spiro atoms. The quantitative estimate of drug-likeness (QED) is 0.550. The normalized spacial score (nSPS) is 9.55. The van der Waals surface area contributed by atoms with E-state index in [1.54, 1.807) is 24.3 Å². The van der Waals surface area contributed by atoms with E-state index in [0.717, 1.165) is 10.8 Å². The Balaban J connectivity index is 3.12. The van der Waals surface area contributed by atoms with Crippen LogP contribution in [0.2, 0.25) is 0 Å². The highest BCUT2D eigenvalue weighted by molar-refractivity contribution is 8.68. The topological polar surface area (TPSA) is 37.3 Å². The van der Waals surface area contributed by atoms with Crippen LogP contribution in [0.3, 0.4) is 0 Å². The number of rotatable bonds is 2. The van der Waals surface area contributed by atoms with Gasteiger partial charge in [-0.05, 0) is 12.1 Å². The molecule has 1 aromatic rings. The highest BCUT2D eigenvalue weighted by atomic mass is 33.1. The van der Waals surface area contributed by atoms with Crippen LogP contribution < -0.4 is 0 Å². The first-order chi connectivity index (χ1) is 5.25. The van der Waals surface area contributed by atoms with E-state index in [1.807, 2.05) is 0 Å². The third-order valence-corrected chi connectivity index (χ3v) is 2.36. The van der Waals surface area contributed by atoms with Gasteiger partial charge in [-0.15, -0.1) is 11.7 Å². The highest BCUT2D eigenvalue weighted by Gasteiger charge is 2.06. The lowest BCUT2D eigenvalue weighted by molar-refractivity contribution is 0.0693. The van der Waals surface area contributed by atoms with Crippen LogP contribution in [0.5, 0.6) is 0 Å². The van der Waals surface area contributed by atoms with Crippen molar-refractivity contribution in [3.05, 3.63) is 29.8 Å². The Morgan fingerprint density at radius 1 is 1.45 bits per heavy atom. The summed E-state index contributed by atoms with van der Waals surface area (Å²) in [6.45, 7) is 0. The molecule has 0 aromatic heterocycles. The van der Waals surface area contributed by atoms with E-state index < -0.39 is 5.97 Å². The number of hydrogen-bond donors (Lipinski definition) is 2. The molecule has 0 heterocycles. The Bertz CT molecular complexity index is 273. The van der Waals surface area contributed by atoms with Gasteiger partial charge in [-0.2, -0.15) is 0 Å². The second-order valence-corrected chi connectivity index (χ2v) is 3.06. The smallest absolute Gasteiger partial charge is 0.336 e. The largest absolute Gasteiger partial charge is 0.478 e. The fraction of sp³-hybridized carbons (Fsp3) is 0. The van der Waals surface area contributed by atoms with Crippen molar-refractivity contribution in [1.82, 2.24) is 0 Å². The molecule has 1 N–H and O–H groups in total. The van der Waals surface area contributed by atoms with Gasteiger partial charge in [0.2, 0.25) is 0 Å². The Morgan fingerprint density at radius 2 is 2.09 bits per heavy atom. The SMILES string of the molecule is O=C(O)c1ccccc1SS. The third kappa shape index (κ3) is 1.91. The molecule has 58 valence electrons. The molecule has 0 fully saturated rings. The average Bonchev–Trinajstić information content (AvgIpc) is 2.04. The van der Waals surface area contributed by atoms with E-state index in [4.69, 9.17) is 5.11 Å². The summed E-state index contributed by atoms with van der Waals surface area (Å²) in [6.07, 6.45) is 0. The number of hydrogen-bond acceptors (Lipinski definition) is 3. The zero-order chi connectivity index (χ0) is 8.27. The predicted octanol–water partition coefficient (Wildman–Crippen LogP) is 2.32. The summed E-state index contributed by atoms with van der Waals surface area (Å²) in [5.41, 5.74) is 0.299. The molecule has 0 bridgehead atoms. The number of carboxylic acid groups (broad SMARTS) is 1. The maximum atomic E-state index is 10.5. The maximum Gasteiger partial charge on any atom is 0.336 e. The van der Waals surface area contributed by atoms with Crippen LogP contribution in [0, 0.1) is 0 Å². The van der Waals surface area contributed by atoms with Crippen LogP contribution in [0.25, 0.3) is 0 Å². The Kier molecular flexibility index (Phi) is 2.84. The van der Waals surface area contributed by atoms with Crippen LogP contribution in [0.1, 0.15) is 10.4 Å². The summed E-state index contributed by atoms with van der Waals surface area (Å²) in [6, 6.07) is 6.75. The second kappa shape index (κ2) is 3.69. The number of aromatic carboxylic acids is 1. The van der Waals surface area contributed by atoms with E-state index >= 15 is 0 Å². The summed E-state index contributed by atoms with van der Waals surface area (Å²) < 4.78 is 0. The Morgan fingerprint density at radius 3 is 2.55 bits per heavy atom. The van der Waals surface area contributed by atoms with Crippen LogP contribution in [0.4, 0.5) is 0 Å². The molecule has 0 amide bonds. The van der Waals surface area contributed by atoms with Gasteiger partial charge in [0.15, 0.2) is 0 Å². The van der Waals surface area contributed by atoms with Crippen molar-refractivity contribution in [2.24, 2.45) is 0 Å². The van der Waals surface area contributed by atoms with Crippen LogP contribution >= 0.6 is 22.5 Å². The molecule has 0 unspecified atom stereocenters. The average molecular weight is 186 g/mol. The van der Waals surface area contributed by atoms with Crippen molar-refractivity contribution in [3.8, 4) is 0 Å². The molecule has 0 radical (unpaired) electrons. The van der Waals surface area contributed by atoms with Crippen molar-refractivity contribution < 1.29 is 9.90 Å². The molecule has 11 heavy (non-hydrogen) atoms. The first-order valence-electron chi connectivity index (χ1n) is 2.89. The minimum Gasteiger partial charge on any atom is -0.478 e.